The number of pyridine rings is 1. The van der Waals surface area contributed by atoms with Gasteiger partial charge in [-0.1, -0.05) is 11.6 Å². The van der Waals surface area contributed by atoms with Crippen molar-refractivity contribution in [2.45, 2.75) is 69.3 Å². The van der Waals surface area contributed by atoms with E-state index < -0.39 is 23.7 Å². The third-order valence-corrected chi connectivity index (χ3v) is 9.14. The van der Waals surface area contributed by atoms with Crippen LogP contribution in [0.1, 0.15) is 66.4 Å². The number of piperidine rings is 1. The zero-order valence-electron chi connectivity index (χ0n) is 22.5. The van der Waals surface area contributed by atoms with Crippen LogP contribution >= 0.6 is 23.4 Å². The topological polar surface area (TPSA) is 83.7 Å². The number of likely N-dealkylation sites (tertiary alicyclic amines) is 1. The molecule has 2 fully saturated rings. The number of nitrogens with zero attached hydrogens (tertiary/aromatic N) is 1. The number of hydrogen-bond donors (Lipinski definition) is 2. The Kier molecular flexibility index (Phi) is 7.78. The van der Waals surface area contributed by atoms with E-state index in [9.17, 15) is 18.4 Å². The first kappa shape index (κ1) is 28.4. The molecule has 2 aliphatic heterocycles. The second kappa shape index (κ2) is 10.7. The Hall–Kier alpha value is -2.14. The lowest BCUT2D eigenvalue weighted by Crippen LogP contribution is -2.51. The summed E-state index contributed by atoms with van der Waals surface area (Å²) >= 11 is 7.88. The number of ether oxygens (including phenoxy) is 2. The van der Waals surface area contributed by atoms with Crippen molar-refractivity contribution in [3.05, 3.63) is 56.0 Å². The minimum atomic E-state index is -2.51. The van der Waals surface area contributed by atoms with Gasteiger partial charge in [0, 0.05) is 65.0 Å². The van der Waals surface area contributed by atoms with E-state index in [0.717, 1.165) is 23.4 Å². The van der Waals surface area contributed by atoms with E-state index in [1.54, 1.807) is 12.1 Å². The molecule has 1 amide bonds. The fourth-order valence-corrected chi connectivity index (χ4v) is 6.75. The van der Waals surface area contributed by atoms with Crippen molar-refractivity contribution in [3.63, 3.8) is 0 Å². The van der Waals surface area contributed by atoms with Crippen molar-refractivity contribution in [2.75, 3.05) is 25.9 Å². The number of halogens is 3. The molecule has 1 saturated carbocycles. The number of aromatic nitrogens is 1. The van der Waals surface area contributed by atoms with Crippen LogP contribution in [0.2, 0.25) is 5.02 Å². The normalized spacial score (nSPS) is 26.5. The standard InChI is InChI=1S/C28H34ClF2N3O4S/c1-15-9-23(39-4)21(26(36)33-15)13-32-25(35)20-10-19(29)11-22-24(20)16(2)37-27(3,38-22)17-5-7-34(8-6-17)14-18-12-28(18,30)31/h9-11,16-18H,5-8,12-14H2,1-4H3,(H,32,35)(H,33,36). The zero-order chi connectivity index (χ0) is 28.1. The summed E-state index contributed by atoms with van der Waals surface area (Å²) in [6.45, 7) is 7.50. The molecule has 1 aliphatic carbocycles. The molecule has 1 saturated heterocycles. The van der Waals surface area contributed by atoms with Crippen LogP contribution in [0.15, 0.2) is 27.9 Å². The fourth-order valence-electron chi connectivity index (χ4n) is 5.84. The van der Waals surface area contributed by atoms with Gasteiger partial charge in [-0.15, -0.1) is 11.8 Å². The highest BCUT2D eigenvalue weighted by Crippen LogP contribution is 2.50. The van der Waals surface area contributed by atoms with Crippen LogP contribution in [0.3, 0.4) is 0 Å². The molecule has 39 heavy (non-hydrogen) atoms. The van der Waals surface area contributed by atoms with Crippen molar-refractivity contribution in [2.24, 2.45) is 11.8 Å². The zero-order valence-corrected chi connectivity index (χ0v) is 24.1. The second-order valence-electron chi connectivity index (χ2n) is 11.0. The number of nitrogens with one attached hydrogen (secondary N) is 2. The summed E-state index contributed by atoms with van der Waals surface area (Å²) in [4.78, 5) is 31.6. The highest BCUT2D eigenvalue weighted by Gasteiger charge is 2.57. The van der Waals surface area contributed by atoms with Gasteiger partial charge in [0.25, 0.3) is 17.4 Å². The van der Waals surface area contributed by atoms with Crippen molar-refractivity contribution in [1.29, 1.82) is 0 Å². The van der Waals surface area contributed by atoms with Gasteiger partial charge in [-0.2, -0.15) is 0 Å². The lowest BCUT2D eigenvalue weighted by atomic mass is 9.87. The number of carbonyl (C=O) groups is 1. The van der Waals surface area contributed by atoms with E-state index in [1.807, 2.05) is 33.1 Å². The number of rotatable bonds is 7. The maximum absolute atomic E-state index is 13.4. The third-order valence-electron chi connectivity index (χ3n) is 8.12. The summed E-state index contributed by atoms with van der Waals surface area (Å²) in [7, 11) is 0. The molecule has 3 unspecified atom stereocenters. The summed E-state index contributed by atoms with van der Waals surface area (Å²) in [6.07, 6.45) is 2.93. The number of hydrogen-bond acceptors (Lipinski definition) is 6. The SMILES string of the molecule is CSc1cc(C)[nH]c(=O)c1CNC(=O)c1cc(Cl)cc2c1C(C)OC(C)(C1CCN(CC3CC3(F)F)CC1)O2. The number of carbonyl (C=O) groups excluding carboxylic acids is 1. The van der Waals surface area contributed by atoms with Gasteiger partial charge in [-0.25, -0.2) is 8.78 Å². The summed E-state index contributed by atoms with van der Waals surface area (Å²) in [5.74, 6) is -3.81. The molecule has 0 spiro atoms. The molecule has 5 rings (SSSR count). The van der Waals surface area contributed by atoms with Crippen LogP contribution < -0.4 is 15.6 Å². The Balaban J connectivity index is 1.30. The monoisotopic (exact) mass is 581 g/mol. The molecule has 7 nitrogen and oxygen atoms in total. The summed E-state index contributed by atoms with van der Waals surface area (Å²) < 4.78 is 39.6. The molecule has 2 N–H and O–H groups in total. The number of alkyl halides is 2. The number of aryl methyl sites for hydroxylation is 1. The average Bonchev–Trinajstić information content (AvgIpc) is 3.47. The summed E-state index contributed by atoms with van der Waals surface area (Å²) in [6, 6.07) is 5.17. The van der Waals surface area contributed by atoms with Crippen molar-refractivity contribution >= 4 is 29.3 Å². The first-order chi connectivity index (χ1) is 18.4. The molecule has 0 bridgehead atoms. The van der Waals surface area contributed by atoms with Crippen LogP contribution in [-0.4, -0.2) is 53.4 Å². The number of fused-ring (bicyclic) bond motifs is 1. The molecule has 1 aromatic carbocycles. The number of thioether (sulfide) groups is 1. The van der Waals surface area contributed by atoms with Gasteiger partial charge in [0.1, 0.15) is 5.75 Å². The minimum Gasteiger partial charge on any atom is -0.462 e. The fraction of sp³-hybridized carbons (Fsp3) is 0.571. The van der Waals surface area contributed by atoms with Gasteiger partial charge >= 0.3 is 0 Å². The predicted molar refractivity (Wildman–Crippen MR) is 147 cm³/mol. The number of aromatic amines is 1. The molecule has 3 atom stereocenters. The molecule has 0 radical (unpaired) electrons. The molecule has 3 heterocycles. The van der Waals surface area contributed by atoms with Crippen LogP contribution in [0.5, 0.6) is 5.75 Å². The highest BCUT2D eigenvalue weighted by molar-refractivity contribution is 7.98. The maximum atomic E-state index is 13.4. The second-order valence-corrected chi connectivity index (χ2v) is 12.3. The molecule has 1 aromatic heterocycles. The van der Waals surface area contributed by atoms with E-state index >= 15 is 0 Å². The first-order valence-electron chi connectivity index (χ1n) is 13.3. The predicted octanol–water partition coefficient (Wildman–Crippen LogP) is 5.54. The Labute approximate surface area is 236 Å². The Morgan fingerprint density at radius 2 is 1.97 bits per heavy atom. The molecular formula is C28H34ClF2N3O4S. The summed E-state index contributed by atoms with van der Waals surface area (Å²) in [5.41, 5.74) is 1.94. The van der Waals surface area contributed by atoms with E-state index in [2.05, 4.69) is 15.2 Å². The molecular weight excluding hydrogens is 548 g/mol. The van der Waals surface area contributed by atoms with Gasteiger partial charge in [0.15, 0.2) is 0 Å². The van der Waals surface area contributed by atoms with Crippen molar-refractivity contribution in [3.8, 4) is 5.75 Å². The Bertz CT molecular complexity index is 1330. The van der Waals surface area contributed by atoms with E-state index in [-0.39, 0.29) is 30.3 Å². The Morgan fingerprint density at radius 1 is 1.28 bits per heavy atom. The van der Waals surface area contributed by atoms with E-state index in [1.165, 1.54) is 11.8 Å². The van der Waals surface area contributed by atoms with Crippen LogP contribution in [0, 0.1) is 18.8 Å². The molecule has 212 valence electrons. The Morgan fingerprint density at radius 3 is 2.62 bits per heavy atom. The van der Waals surface area contributed by atoms with Gasteiger partial charge in [-0.05, 0) is 64.2 Å². The van der Waals surface area contributed by atoms with Gasteiger partial charge in [-0.3, -0.25) is 9.59 Å². The smallest absolute Gasteiger partial charge is 0.254 e. The van der Waals surface area contributed by atoms with Crippen LogP contribution in [-0.2, 0) is 11.3 Å². The average molecular weight is 582 g/mol. The quantitative estimate of drug-likeness (QED) is 0.418. The molecule has 2 aromatic rings. The maximum Gasteiger partial charge on any atom is 0.254 e. The van der Waals surface area contributed by atoms with Crippen molar-refractivity contribution < 1.29 is 23.0 Å². The minimum absolute atomic E-state index is 0.0118. The van der Waals surface area contributed by atoms with Crippen molar-refractivity contribution in [1.82, 2.24) is 15.2 Å². The lowest BCUT2D eigenvalue weighted by Gasteiger charge is -2.46. The van der Waals surface area contributed by atoms with Gasteiger partial charge < -0.3 is 24.7 Å². The number of amides is 1. The third kappa shape index (κ3) is 5.85. The van der Waals surface area contributed by atoms with Gasteiger partial charge in [0.05, 0.1) is 11.7 Å². The van der Waals surface area contributed by atoms with Crippen LogP contribution in [0.4, 0.5) is 8.78 Å². The van der Waals surface area contributed by atoms with E-state index in [0.29, 0.717) is 47.1 Å². The van der Waals surface area contributed by atoms with E-state index in [4.69, 9.17) is 21.1 Å². The largest absolute Gasteiger partial charge is 0.462 e. The van der Waals surface area contributed by atoms with Crippen LogP contribution in [0.25, 0.3) is 0 Å². The van der Waals surface area contributed by atoms with Gasteiger partial charge in [0.2, 0.25) is 5.79 Å². The number of benzene rings is 1. The lowest BCUT2D eigenvalue weighted by molar-refractivity contribution is -0.250. The summed E-state index contributed by atoms with van der Waals surface area (Å²) in [5, 5.41) is 3.22. The first-order valence-corrected chi connectivity index (χ1v) is 14.9. The highest BCUT2D eigenvalue weighted by atomic mass is 35.5. The molecule has 11 heteroatoms. The number of H-pyrrole nitrogens is 1. The molecule has 3 aliphatic rings.